The molecule has 1 aliphatic carbocycles. The number of rotatable bonds is 3. The Hall–Kier alpha value is -1.91. The third-order valence-corrected chi connectivity index (χ3v) is 2.77. The van der Waals surface area contributed by atoms with Gasteiger partial charge in [0, 0.05) is 18.0 Å². The lowest BCUT2D eigenvalue weighted by molar-refractivity contribution is 0.0690. The van der Waals surface area contributed by atoms with Crippen LogP contribution in [-0.4, -0.2) is 21.3 Å². The molecule has 1 atom stereocenters. The average molecular weight is 236 g/mol. The van der Waals surface area contributed by atoms with E-state index in [2.05, 4.69) is 10.2 Å². The molecule has 17 heavy (non-hydrogen) atoms. The second-order valence-corrected chi connectivity index (χ2v) is 4.21. The quantitative estimate of drug-likeness (QED) is 0.847. The fourth-order valence-electron chi connectivity index (χ4n) is 1.72. The molecule has 2 rings (SSSR count). The molecule has 90 valence electrons. The molecule has 0 bridgehead atoms. The maximum absolute atomic E-state index is 13.4. The number of nitrogens with zero attached hydrogens (tertiary/aromatic N) is 1. The SMILES string of the molecule is CC1CC=C(Cc2cc(C(=O)O)n[nH]2)C=C1F. The van der Waals surface area contributed by atoms with Gasteiger partial charge in [-0.25, -0.2) is 9.18 Å². The van der Waals surface area contributed by atoms with Crippen molar-refractivity contribution in [3.8, 4) is 0 Å². The summed E-state index contributed by atoms with van der Waals surface area (Å²) in [6.07, 6.45) is 4.63. The number of carboxylic acid groups (broad SMARTS) is 1. The van der Waals surface area contributed by atoms with Gasteiger partial charge in [-0.2, -0.15) is 5.10 Å². The highest BCUT2D eigenvalue weighted by molar-refractivity contribution is 5.85. The van der Waals surface area contributed by atoms with Crippen LogP contribution in [-0.2, 0) is 6.42 Å². The molecule has 4 nitrogen and oxygen atoms in total. The van der Waals surface area contributed by atoms with Crippen molar-refractivity contribution in [3.63, 3.8) is 0 Å². The molecule has 0 amide bonds. The highest BCUT2D eigenvalue weighted by Gasteiger charge is 2.14. The Bertz CT molecular complexity index is 502. The molecule has 1 aliphatic rings. The average Bonchev–Trinajstić information content (AvgIpc) is 2.72. The van der Waals surface area contributed by atoms with Crippen molar-refractivity contribution in [2.75, 3.05) is 0 Å². The number of nitrogens with one attached hydrogen (secondary N) is 1. The molecule has 0 saturated heterocycles. The third kappa shape index (κ3) is 2.61. The number of H-pyrrole nitrogens is 1. The Morgan fingerprint density at radius 2 is 2.47 bits per heavy atom. The van der Waals surface area contributed by atoms with Crippen LogP contribution in [0.2, 0.25) is 0 Å². The van der Waals surface area contributed by atoms with Crippen molar-refractivity contribution in [1.82, 2.24) is 10.2 Å². The minimum atomic E-state index is -1.07. The molecular formula is C12H13FN2O2. The second-order valence-electron chi connectivity index (χ2n) is 4.21. The van der Waals surface area contributed by atoms with Gasteiger partial charge in [-0.05, 0) is 24.1 Å². The number of carbonyl (C=O) groups is 1. The number of aromatic nitrogens is 2. The maximum atomic E-state index is 13.4. The maximum Gasteiger partial charge on any atom is 0.356 e. The number of hydrogen-bond donors (Lipinski definition) is 2. The zero-order valence-corrected chi connectivity index (χ0v) is 9.40. The largest absolute Gasteiger partial charge is 0.476 e. The van der Waals surface area contributed by atoms with E-state index >= 15 is 0 Å². The fourth-order valence-corrected chi connectivity index (χ4v) is 1.72. The smallest absolute Gasteiger partial charge is 0.356 e. The molecule has 0 fully saturated rings. The van der Waals surface area contributed by atoms with Crippen molar-refractivity contribution < 1.29 is 14.3 Å². The van der Waals surface area contributed by atoms with Crippen LogP contribution >= 0.6 is 0 Å². The van der Waals surface area contributed by atoms with E-state index in [0.29, 0.717) is 18.5 Å². The Labute approximate surface area is 97.8 Å². The first kappa shape index (κ1) is 11.6. The van der Waals surface area contributed by atoms with Crippen molar-refractivity contribution in [1.29, 1.82) is 0 Å². The van der Waals surface area contributed by atoms with Crippen LogP contribution in [0.15, 0.2) is 29.6 Å². The topological polar surface area (TPSA) is 66.0 Å². The van der Waals surface area contributed by atoms with Crippen LogP contribution in [0.5, 0.6) is 0 Å². The van der Waals surface area contributed by atoms with Gasteiger partial charge >= 0.3 is 5.97 Å². The van der Waals surface area contributed by atoms with E-state index in [9.17, 15) is 9.18 Å². The first-order valence-corrected chi connectivity index (χ1v) is 5.40. The molecule has 1 heterocycles. The summed E-state index contributed by atoms with van der Waals surface area (Å²) in [5.41, 5.74) is 1.50. The summed E-state index contributed by atoms with van der Waals surface area (Å²) < 4.78 is 13.4. The lowest BCUT2D eigenvalue weighted by atomic mass is 9.95. The number of aromatic carboxylic acids is 1. The number of aromatic amines is 1. The van der Waals surface area contributed by atoms with Gasteiger partial charge in [0.1, 0.15) is 5.83 Å². The standard InChI is InChI=1S/C12H13FN2O2/c1-7-2-3-8(5-10(7)13)4-9-6-11(12(16)17)15-14-9/h3,5-7H,2,4H2,1H3,(H,14,15)(H,16,17). The van der Waals surface area contributed by atoms with Crippen molar-refractivity contribution in [2.45, 2.75) is 19.8 Å². The summed E-state index contributed by atoms with van der Waals surface area (Å²) in [7, 11) is 0. The van der Waals surface area contributed by atoms with Crippen LogP contribution in [0.1, 0.15) is 29.5 Å². The van der Waals surface area contributed by atoms with E-state index in [4.69, 9.17) is 5.11 Å². The van der Waals surface area contributed by atoms with E-state index in [1.54, 1.807) is 0 Å². The predicted molar refractivity (Wildman–Crippen MR) is 60.3 cm³/mol. The number of hydrogen-bond acceptors (Lipinski definition) is 2. The Morgan fingerprint density at radius 3 is 3.06 bits per heavy atom. The summed E-state index contributed by atoms with van der Waals surface area (Å²) in [5.74, 6) is -1.25. The van der Waals surface area contributed by atoms with Crippen LogP contribution in [0.3, 0.4) is 0 Å². The molecular weight excluding hydrogens is 223 g/mol. The molecule has 0 radical (unpaired) electrons. The summed E-state index contributed by atoms with van der Waals surface area (Å²) in [6.45, 7) is 1.83. The highest BCUT2D eigenvalue weighted by Crippen LogP contribution is 2.25. The molecule has 5 heteroatoms. The van der Waals surface area contributed by atoms with Crippen LogP contribution in [0.4, 0.5) is 4.39 Å². The molecule has 0 aromatic carbocycles. The van der Waals surface area contributed by atoms with Gasteiger partial charge in [0.05, 0.1) is 0 Å². The van der Waals surface area contributed by atoms with Crippen molar-refractivity contribution in [3.05, 3.63) is 41.0 Å². The molecule has 1 aromatic rings. The minimum absolute atomic E-state index is 0.0192. The molecule has 0 spiro atoms. The molecule has 0 saturated carbocycles. The molecule has 2 N–H and O–H groups in total. The van der Waals surface area contributed by atoms with Gasteiger partial charge in [-0.3, -0.25) is 5.10 Å². The monoisotopic (exact) mass is 236 g/mol. The lowest BCUT2D eigenvalue weighted by Crippen LogP contribution is -2.02. The molecule has 1 aromatic heterocycles. The van der Waals surface area contributed by atoms with E-state index in [0.717, 1.165) is 5.57 Å². The number of allylic oxidation sites excluding steroid dienone is 4. The van der Waals surface area contributed by atoms with Crippen LogP contribution in [0, 0.1) is 5.92 Å². The third-order valence-electron chi connectivity index (χ3n) is 2.77. The van der Waals surface area contributed by atoms with E-state index in [-0.39, 0.29) is 17.4 Å². The van der Waals surface area contributed by atoms with Gasteiger partial charge in [-0.15, -0.1) is 0 Å². The number of carboxylic acids is 1. The summed E-state index contributed by atoms with van der Waals surface area (Å²) in [4.78, 5) is 10.6. The second kappa shape index (κ2) is 4.53. The van der Waals surface area contributed by atoms with Gasteiger partial charge in [-0.1, -0.05) is 13.0 Å². The van der Waals surface area contributed by atoms with E-state index < -0.39 is 5.97 Å². The van der Waals surface area contributed by atoms with Gasteiger partial charge in [0.2, 0.25) is 0 Å². The highest BCUT2D eigenvalue weighted by atomic mass is 19.1. The summed E-state index contributed by atoms with van der Waals surface area (Å²) in [5, 5.41) is 15.0. The zero-order valence-electron chi connectivity index (χ0n) is 9.40. The van der Waals surface area contributed by atoms with Gasteiger partial charge in [0.15, 0.2) is 5.69 Å². The predicted octanol–water partition coefficient (Wildman–Crippen LogP) is 2.47. The van der Waals surface area contributed by atoms with Crippen molar-refractivity contribution >= 4 is 5.97 Å². The normalized spacial score (nSPS) is 19.8. The minimum Gasteiger partial charge on any atom is -0.476 e. The Kier molecular flexibility index (Phi) is 3.08. The summed E-state index contributed by atoms with van der Waals surface area (Å²) >= 11 is 0. The number of halogens is 1. The molecule has 1 unspecified atom stereocenters. The van der Waals surface area contributed by atoms with Gasteiger partial charge < -0.3 is 5.11 Å². The lowest BCUT2D eigenvalue weighted by Gasteiger charge is -2.13. The van der Waals surface area contributed by atoms with Crippen LogP contribution < -0.4 is 0 Å². The van der Waals surface area contributed by atoms with Crippen LogP contribution in [0.25, 0.3) is 0 Å². The first-order chi connectivity index (χ1) is 8.06. The Balaban J connectivity index is 2.09. The van der Waals surface area contributed by atoms with E-state index in [1.807, 2.05) is 13.0 Å². The zero-order chi connectivity index (χ0) is 12.4. The fraction of sp³-hybridized carbons (Fsp3) is 0.333. The summed E-state index contributed by atoms with van der Waals surface area (Å²) in [6, 6.07) is 1.47. The van der Waals surface area contributed by atoms with Crippen molar-refractivity contribution in [2.24, 2.45) is 5.92 Å². The first-order valence-electron chi connectivity index (χ1n) is 5.40. The Morgan fingerprint density at radius 1 is 1.71 bits per heavy atom. The van der Waals surface area contributed by atoms with Gasteiger partial charge in [0.25, 0.3) is 0 Å². The molecule has 0 aliphatic heterocycles. The van der Waals surface area contributed by atoms with E-state index in [1.165, 1.54) is 12.1 Å².